The molecular weight excluding hydrogens is 211 g/mol. The van der Waals surface area contributed by atoms with Crippen molar-refractivity contribution in [3.63, 3.8) is 0 Å². The summed E-state index contributed by atoms with van der Waals surface area (Å²) in [7, 11) is 0. The first-order valence-electron chi connectivity index (χ1n) is 3.65. The maximum absolute atomic E-state index is 5.72. The van der Waals surface area contributed by atoms with Crippen LogP contribution in [0.25, 0.3) is 0 Å². The standard InChI is InChI=1S/C8H8Cl2N2O/c1-2-3-4-13-6-5-11-8(10)12-7(6)9/h2,5H,1,3-4H2. The number of halogens is 2. The van der Waals surface area contributed by atoms with Crippen LogP contribution in [0.1, 0.15) is 6.42 Å². The smallest absolute Gasteiger partial charge is 0.224 e. The van der Waals surface area contributed by atoms with Gasteiger partial charge in [0.05, 0.1) is 12.8 Å². The van der Waals surface area contributed by atoms with Gasteiger partial charge >= 0.3 is 0 Å². The highest BCUT2D eigenvalue weighted by Gasteiger charge is 2.03. The number of aromatic nitrogens is 2. The average molecular weight is 219 g/mol. The lowest BCUT2D eigenvalue weighted by atomic mass is 10.4. The van der Waals surface area contributed by atoms with E-state index >= 15 is 0 Å². The molecule has 5 heteroatoms. The molecule has 0 aliphatic heterocycles. The molecule has 0 saturated heterocycles. The lowest BCUT2D eigenvalue weighted by molar-refractivity contribution is 0.322. The van der Waals surface area contributed by atoms with E-state index in [1.54, 1.807) is 6.08 Å². The molecule has 1 heterocycles. The largest absolute Gasteiger partial charge is 0.488 e. The van der Waals surface area contributed by atoms with E-state index in [0.29, 0.717) is 12.4 Å². The van der Waals surface area contributed by atoms with E-state index in [1.165, 1.54) is 6.20 Å². The van der Waals surface area contributed by atoms with Crippen LogP contribution in [0.3, 0.4) is 0 Å². The van der Waals surface area contributed by atoms with E-state index in [-0.39, 0.29) is 10.4 Å². The molecule has 0 amide bonds. The van der Waals surface area contributed by atoms with Crippen LogP contribution >= 0.6 is 23.2 Å². The van der Waals surface area contributed by atoms with E-state index in [4.69, 9.17) is 27.9 Å². The molecule has 0 spiro atoms. The molecule has 0 radical (unpaired) electrons. The van der Waals surface area contributed by atoms with Crippen molar-refractivity contribution in [2.24, 2.45) is 0 Å². The van der Waals surface area contributed by atoms with Gasteiger partial charge in [0.15, 0.2) is 10.9 Å². The predicted molar refractivity (Wildman–Crippen MR) is 52.4 cm³/mol. The minimum Gasteiger partial charge on any atom is -0.488 e. The van der Waals surface area contributed by atoms with Crippen molar-refractivity contribution in [1.82, 2.24) is 9.97 Å². The van der Waals surface area contributed by atoms with E-state index in [2.05, 4.69) is 16.5 Å². The topological polar surface area (TPSA) is 35.0 Å². The Morgan fingerprint density at radius 3 is 2.92 bits per heavy atom. The molecular formula is C8H8Cl2N2O. The Kier molecular flexibility index (Phi) is 3.99. The van der Waals surface area contributed by atoms with Crippen molar-refractivity contribution in [2.45, 2.75) is 6.42 Å². The van der Waals surface area contributed by atoms with Gasteiger partial charge in [0.1, 0.15) is 0 Å². The van der Waals surface area contributed by atoms with Gasteiger partial charge in [-0.05, 0) is 18.0 Å². The number of ether oxygens (including phenoxy) is 1. The average Bonchev–Trinajstić information content (AvgIpc) is 2.09. The summed E-state index contributed by atoms with van der Waals surface area (Å²) in [5, 5.41) is 0.338. The van der Waals surface area contributed by atoms with Crippen LogP contribution in [-0.4, -0.2) is 16.6 Å². The van der Waals surface area contributed by atoms with Gasteiger partial charge < -0.3 is 4.74 Å². The fourth-order valence-corrected chi connectivity index (χ4v) is 1.04. The second-order valence-electron chi connectivity index (χ2n) is 2.22. The first-order chi connectivity index (χ1) is 6.24. The van der Waals surface area contributed by atoms with Gasteiger partial charge in [-0.25, -0.2) is 9.97 Å². The second-order valence-corrected chi connectivity index (χ2v) is 2.92. The predicted octanol–water partition coefficient (Wildman–Crippen LogP) is 2.74. The summed E-state index contributed by atoms with van der Waals surface area (Å²) >= 11 is 11.2. The molecule has 13 heavy (non-hydrogen) atoms. The molecule has 0 aromatic carbocycles. The maximum Gasteiger partial charge on any atom is 0.224 e. The summed E-state index contributed by atoms with van der Waals surface area (Å²) in [6, 6.07) is 0. The highest BCUT2D eigenvalue weighted by molar-refractivity contribution is 6.32. The van der Waals surface area contributed by atoms with Crippen molar-refractivity contribution in [1.29, 1.82) is 0 Å². The highest BCUT2D eigenvalue weighted by atomic mass is 35.5. The van der Waals surface area contributed by atoms with Gasteiger partial charge in [-0.15, -0.1) is 6.58 Å². The molecule has 1 aromatic heterocycles. The van der Waals surface area contributed by atoms with Gasteiger partial charge in [0.25, 0.3) is 0 Å². The third-order valence-electron chi connectivity index (χ3n) is 1.26. The van der Waals surface area contributed by atoms with Crippen LogP contribution < -0.4 is 4.74 Å². The van der Waals surface area contributed by atoms with Gasteiger partial charge in [-0.1, -0.05) is 17.7 Å². The molecule has 1 rings (SSSR count). The van der Waals surface area contributed by atoms with E-state index in [0.717, 1.165) is 6.42 Å². The summed E-state index contributed by atoms with van der Waals surface area (Å²) in [6.07, 6.45) is 3.95. The van der Waals surface area contributed by atoms with Crippen molar-refractivity contribution in [2.75, 3.05) is 6.61 Å². The summed E-state index contributed by atoms with van der Waals surface area (Å²) in [6.45, 7) is 4.07. The lowest BCUT2D eigenvalue weighted by Crippen LogP contribution is -1.98. The molecule has 0 saturated carbocycles. The molecule has 70 valence electrons. The zero-order valence-electron chi connectivity index (χ0n) is 6.83. The van der Waals surface area contributed by atoms with Gasteiger partial charge in [-0.3, -0.25) is 0 Å². The third-order valence-corrected chi connectivity index (χ3v) is 1.71. The van der Waals surface area contributed by atoms with E-state index in [1.807, 2.05) is 0 Å². The molecule has 0 aliphatic rings. The molecule has 0 unspecified atom stereocenters. The summed E-state index contributed by atoms with van der Waals surface area (Å²) in [4.78, 5) is 7.46. The lowest BCUT2D eigenvalue weighted by Gasteiger charge is -2.04. The normalized spacial score (nSPS) is 9.69. The molecule has 0 aliphatic carbocycles. The summed E-state index contributed by atoms with van der Waals surface area (Å²) < 4.78 is 5.25. The number of rotatable bonds is 4. The fourth-order valence-electron chi connectivity index (χ4n) is 0.679. The molecule has 0 N–H and O–H groups in total. The number of hydrogen-bond donors (Lipinski definition) is 0. The second kappa shape index (κ2) is 5.04. The van der Waals surface area contributed by atoms with Crippen LogP contribution in [0.5, 0.6) is 5.75 Å². The van der Waals surface area contributed by atoms with Crippen molar-refractivity contribution < 1.29 is 4.74 Å². The van der Waals surface area contributed by atoms with Crippen molar-refractivity contribution in [3.05, 3.63) is 29.3 Å². The van der Waals surface area contributed by atoms with Crippen LogP contribution in [0.4, 0.5) is 0 Å². The fraction of sp³-hybridized carbons (Fsp3) is 0.250. The number of hydrogen-bond acceptors (Lipinski definition) is 3. The SMILES string of the molecule is C=CCCOc1cnc(Cl)nc1Cl. The molecule has 0 atom stereocenters. The minimum absolute atomic E-state index is 0.112. The van der Waals surface area contributed by atoms with Gasteiger partial charge in [0, 0.05) is 0 Å². The monoisotopic (exact) mass is 218 g/mol. The Morgan fingerprint density at radius 2 is 2.31 bits per heavy atom. The molecule has 3 nitrogen and oxygen atoms in total. The van der Waals surface area contributed by atoms with Crippen molar-refractivity contribution >= 4 is 23.2 Å². The Bertz CT molecular complexity index is 304. The Labute approximate surface area is 86.4 Å². The zero-order valence-corrected chi connectivity index (χ0v) is 8.35. The first-order valence-corrected chi connectivity index (χ1v) is 4.41. The Morgan fingerprint density at radius 1 is 1.54 bits per heavy atom. The van der Waals surface area contributed by atoms with Crippen LogP contribution in [0.2, 0.25) is 10.4 Å². The van der Waals surface area contributed by atoms with Crippen LogP contribution in [0, 0.1) is 0 Å². The minimum atomic E-state index is 0.112. The first kappa shape index (κ1) is 10.3. The molecule has 0 bridgehead atoms. The third kappa shape index (κ3) is 3.20. The van der Waals surface area contributed by atoms with E-state index < -0.39 is 0 Å². The quantitative estimate of drug-likeness (QED) is 0.338. The number of nitrogens with zero attached hydrogens (tertiary/aromatic N) is 2. The Hall–Kier alpha value is -0.800. The van der Waals surface area contributed by atoms with Gasteiger partial charge in [-0.2, -0.15) is 0 Å². The highest BCUT2D eigenvalue weighted by Crippen LogP contribution is 2.21. The zero-order chi connectivity index (χ0) is 9.68. The van der Waals surface area contributed by atoms with Crippen LogP contribution in [-0.2, 0) is 0 Å². The molecule has 1 aromatic rings. The van der Waals surface area contributed by atoms with Gasteiger partial charge in [0.2, 0.25) is 5.28 Å². The Balaban J connectivity index is 2.61. The van der Waals surface area contributed by atoms with Crippen LogP contribution in [0.15, 0.2) is 18.9 Å². The maximum atomic E-state index is 5.72. The van der Waals surface area contributed by atoms with Crippen molar-refractivity contribution in [3.8, 4) is 5.75 Å². The summed E-state index contributed by atoms with van der Waals surface area (Å²) in [5.41, 5.74) is 0. The van der Waals surface area contributed by atoms with E-state index in [9.17, 15) is 0 Å². The summed E-state index contributed by atoms with van der Waals surface area (Å²) in [5.74, 6) is 0.438. The molecule has 0 fully saturated rings.